The van der Waals surface area contributed by atoms with Crippen molar-refractivity contribution in [3.8, 4) is 0 Å². The normalized spacial score (nSPS) is 25.4. The Labute approximate surface area is 163 Å². The fourth-order valence-corrected chi connectivity index (χ4v) is 5.02. The third-order valence-corrected chi connectivity index (χ3v) is 6.54. The number of hydrogen-bond donors (Lipinski definition) is 0. The summed E-state index contributed by atoms with van der Waals surface area (Å²) in [6, 6.07) is -0.145. The topological polar surface area (TPSA) is 78.9 Å². The molecule has 8 nitrogen and oxygen atoms in total. The lowest BCUT2D eigenvalue weighted by molar-refractivity contribution is -0.135. The molecule has 0 radical (unpaired) electrons. The van der Waals surface area contributed by atoms with Gasteiger partial charge in [0.1, 0.15) is 11.0 Å². The molecule has 0 N–H and O–H groups in total. The first kappa shape index (κ1) is 18.6. The summed E-state index contributed by atoms with van der Waals surface area (Å²) < 4.78 is 5.68. The fraction of sp³-hybridized carbons (Fsp3) is 0.778. The summed E-state index contributed by atoms with van der Waals surface area (Å²) in [5, 5.41) is 8.93. The Kier molecular flexibility index (Phi) is 5.07. The molecule has 0 aromatic carbocycles. The van der Waals surface area contributed by atoms with Crippen molar-refractivity contribution in [1.29, 1.82) is 0 Å². The molecule has 4 heterocycles. The average Bonchev–Trinajstić information content (AvgIpc) is 3.39. The van der Waals surface area contributed by atoms with Crippen LogP contribution in [0.15, 0.2) is 5.51 Å². The molecular formula is C18H27N5O3S. The smallest absolute Gasteiger partial charge is 0.327 e. The van der Waals surface area contributed by atoms with Crippen molar-refractivity contribution in [2.24, 2.45) is 5.92 Å². The number of ether oxygens (including phenoxy) is 1. The number of carbonyl (C=O) groups excluding carboxylic acids is 2. The monoisotopic (exact) mass is 393 g/mol. The summed E-state index contributed by atoms with van der Waals surface area (Å²) in [5.41, 5.74) is 1.000. The number of anilines is 1. The van der Waals surface area contributed by atoms with Gasteiger partial charge in [0, 0.05) is 26.2 Å². The molecule has 3 aliphatic heterocycles. The highest BCUT2D eigenvalue weighted by molar-refractivity contribution is 7.13. The second-order valence-electron chi connectivity index (χ2n) is 8.08. The number of imide groups is 1. The van der Waals surface area contributed by atoms with Gasteiger partial charge in [-0.3, -0.25) is 9.69 Å². The molecule has 3 saturated heterocycles. The van der Waals surface area contributed by atoms with Gasteiger partial charge < -0.3 is 14.5 Å². The third kappa shape index (κ3) is 3.31. The van der Waals surface area contributed by atoms with Crippen molar-refractivity contribution in [2.45, 2.75) is 51.2 Å². The van der Waals surface area contributed by atoms with Crippen LogP contribution < -0.4 is 4.90 Å². The molecule has 0 aliphatic carbocycles. The molecule has 148 valence electrons. The largest absolute Gasteiger partial charge is 0.376 e. The molecule has 1 unspecified atom stereocenters. The highest BCUT2D eigenvalue weighted by Gasteiger charge is 2.58. The van der Waals surface area contributed by atoms with Gasteiger partial charge in [0.15, 0.2) is 0 Å². The lowest BCUT2D eigenvalue weighted by atomic mass is 9.85. The molecule has 1 aromatic heterocycles. The number of amides is 3. The standard InChI is InChI=1S/C18H27N5O3S/c1-13(2)10-23-17(25)22(11-14-4-3-9-26-14)15(24)18(23)5-7-21(8-6-18)16-20-19-12-27-16/h12-14H,3-11H2,1-2H3. The lowest BCUT2D eigenvalue weighted by Crippen LogP contribution is -2.57. The van der Waals surface area contributed by atoms with Crippen LogP contribution in [0.5, 0.6) is 0 Å². The molecule has 3 aliphatic rings. The van der Waals surface area contributed by atoms with Crippen LogP contribution >= 0.6 is 11.3 Å². The quantitative estimate of drug-likeness (QED) is 0.712. The van der Waals surface area contributed by atoms with Crippen molar-refractivity contribution in [2.75, 3.05) is 37.7 Å². The Morgan fingerprint density at radius 2 is 2.11 bits per heavy atom. The first-order chi connectivity index (χ1) is 13.0. The minimum absolute atomic E-state index is 0.0181. The summed E-state index contributed by atoms with van der Waals surface area (Å²) >= 11 is 1.51. The van der Waals surface area contributed by atoms with E-state index in [1.54, 1.807) is 5.51 Å². The van der Waals surface area contributed by atoms with E-state index >= 15 is 0 Å². The van der Waals surface area contributed by atoms with E-state index in [4.69, 9.17) is 4.74 Å². The maximum Gasteiger partial charge on any atom is 0.327 e. The zero-order chi connectivity index (χ0) is 19.0. The third-order valence-electron chi connectivity index (χ3n) is 5.79. The number of hydrogen-bond acceptors (Lipinski definition) is 7. The number of carbonyl (C=O) groups is 2. The predicted octanol–water partition coefficient (Wildman–Crippen LogP) is 1.98. The Hall–Kier alpha value is -1.74. The van der Waals surface area contributed by atoms with Gasteiger partial charge in [0.05, 0.1) is 12.6 Å². The van der Waals surface area contributed by atoms with Gasteiger partial charge in [-0.1, -0.05) is 25.2 Å². The second kappa shape index (κ2) is 7.35. The van der Waals surface area contributed by atoms with Crippen LogP contribution in [0.3, 0.4) is 0 Å². The summed E-state index contributed by atoms with van der Waals surface area (Å²) in [7, 11) is 0. The van der Waals surface area contributed by atoms with Crippen molar-refractivity contribution < 1.29 is 14.3 Å². The molecule has 0 saturated carbocycles. The zero-order valence-corrected chi connectivity index (χ0v) is 16.8. The van der Waals surface area contributed by atoms with Crippen LogP contribution in [0, 0.1) is 5.92 Å². The van der Waals surface area contributed by atoms with Gasteiger partial charge in [-0.2, -0.15) is 0 Å². The van der Waals surface area contributed by atoms with E-state index in [0.717, 1.165) is 24.6 Å². The number of aromatic nitrogens is 2. The molecule has 0 bridgehead atoms. The maximum atomic E-state index is 13.4. The molecule has 9 heteroatoms. The first-order valence-corrected chi connectivity index (χ1v) is 10.7. The minimum atomic E-state index is -0.721. The molecular weight excluding hydrogens is 366 g/mol. The van der Waals surface area contributed by atoms with E-state index in [1.807, 2.05) is 4.90 Å². The van der Waals surface area contributed by atoms with Crippen molar-refractivity contribution >= 4 is 28.4 Å². The van der Waals surface area contributed by atoms with Gasteiger partial charge >= 0.3 is 6.03 Å². The minimum Gasteiger partial charge on any atom is -0.376 e. The van der Waals surface area contributed by atoms with Gasteiger partial charge in [-0.15, -0.1) is 10.2 Å². The summed E-state index contributed by atoms with van der Waals surface area (Å²) in [4.78, 5) is 32.1. The van der Waals surface area contributed by atoms with Crippen LogP contribution in [0.25, 0.3) is 0 Å². The Morgan fingerprint density at radius 1 is 1.33 bits per heavy atom. The van der Waals surface area contributed by atoms with Crippen molar-refractivity contribution in [3.05, 3.63) is 5.51 Å². The molecule has 3 amide bonds. The van der Waals surface area contributed by atoms with Gasteiger partial charge in [-0.25, -0.2) is 4.79 Å². The molecule has 27 heavy (non-hydrogen) atoms. The fourth-order valence-electron chi connectivity index (χ4n) is 4.41. The maximum absolute atomic E-state index is 13.4. The van der Waals surface area contributed by atoms with E-state index in [0.29, 0.717) is 44.9 Å². The molecule has 1 aromatic rings. The van der Waals surface area contributed by atoms with Crippen LogP contribution in [-0.2, 0) is 9.53 Å². The highest BCUT2D eigenvalue weighted by atomic mass is 32.1. The van der Waals surface area contributed by atoms with Crippen LogP contribution in [-0.4, -0.2) is 76.4 Å². The molecule has 4 rings (SSSR count). The SMILES string of the molecule is CC(C)CN1C(=O)N(CC2CCCO2)C(=O)C12CCN(c1nncs1)CC2. The Balaban J connectivity index is 1.55. The number of urea groups is 1. The van der Waals surface area contributed by atoms with Gasteiger partial charge in [-0.05, 0) is 31.6 Å². The van der Waals surface area contributed by atoms with E-state index in [2.05, 4.69) is 28.9 Å². The first-order valence-electron chi connectivity index (χ1n) is 9.77. The van der Waals surface area contributed by atoms with E-state index in [1.165, 1.54) is 16.2 Å². The number of nitrogens with zero attached hydrogens (tertiary/aromatic N) is 5. The highest BCUT2D eigenvalue weighted by Crippen LogP contribution is 2.39. The second-order valence-corrected chi connectivity index (χ2v) is 8.89. The number of rotatable bonds is 5. The van der Waals surface area contributed by atoms with E-state index in [9.17, 15) is 9.59 Å². The Morgan fingerprint density at radius 3 is 2.70 bits per heavy atom. The Bertz CT molecular complexity index is 681. The van der Waals surface area contributed by atoms with Crippen LogP contribution in [0.1, 0.15) is 39.5 Å². The van der Waals surface area contributed by atoms with Crippen LogP contribution in [0.2, 0.25) is 0 Å². The molecule has 1 spiro atoms. The van der Waals surface area contributed by atoms with E-state index in [-0.39, 0.29) is 18.0 Å². The van der Waals surface area contributed by atoms with E-state index < -0.39 is 5.54 Å². The zero-order valence-electron chi connectivity index (χ0n) is 16.0. The predicted molar refractivity (Wildman–Crippen MR) is 102 cm³/mol. The molecule has 3 fully saturated rings. The summed E-state index contributed by atoms with van der Waals surface area (Å²) in [5.74, 6) is 0.267. The molecule has 1 atom stereocenters. The average molecular weight is 394 g/mol. The summed E-state index contributed by atoms with van der Waals surface area (Å²) in [6.07, 6.45) is 3.16. The van der Waals surface area contributed by atoms with Crippen molar-refractivity contribution in [1.82, 2.24) is 20.0 Å². The van der Waals surface area contributed by atoms with Gasteiger partial charge in [0.25, 0.3) is 5.91 Å². The van der Waals surface area contributed by atoms with Crippen molar-refractivity contribution in [3.63, 3.8) is 0 Å². The summed E-state index contributed by atoms with van der Waals surface area (Å²) in [6.45, 7) is 7.29. The van der Waals surface area contributed by atoms with Gasteiger partial charge in [0.2, 0.25) is 5.13 Å². The lowest BCUT2D eigenvalue weighted by Gasteiger charge is -2.42. The number of piperidine rings is 1. The van der Waals surface area contributed by atoms with Crippen LogP contribution in [0.4, 0.5) is 9.93 Å².